The molecular formula is C27H27F3N4O2. The highest BCUT2D eigenvalue weighted by atomic mass is 19.4. The lowest BCUT2D eigenvalue weighted by Crippen LogP contribution is -2.61. The summed E-state index contributed by atoms with van der Waals surface area (Å²) in [6.07, 6.45) is -0.883. The van der Waals surface area contributed by atoms with Gasteiger partial charge < -0.3 is 19.9 Å². The van der Waals surface area contributed by atoms with E-state index >= 15 is 0 Å². The SMILES string of the molecule is COc1ccccc1N1CCN2c3ccc(C(F)(F)F)cc3C[C@H](C(=O)NCc3ccncc3)[C@@H]2C1. The van der Waals surface area contributed by atoms with Crippen molar-refractivity contribution in [2.45, 2.75) is 25.2 Å². The van der Waals surface area contributed by atoms with E-state index in [1.54, 1.807) is 25.6 Å². The second-order valence-corrected chi connectivity index (χ2v) is 9.10. The van der Waals surface area contributed by atoms with Crippen molar-refractivity contribution in [2.75, 3.05) is 36.5 Å². The van der Waals surface area contributed by atoms with Crippen LogP contribution in [0.1, 0.15) is 16.7 Å². The van der Waals surface area contributed by atoms with E-state index in [0.29, 0.717) is 31.7 Å². The molecule has 1 N–H and O–H groups in total. The number of para-hydroxylation sites is 2. The third kappa shape index (κ3) is 4.69. The number of hydrogen-bond acceptors (Lipinski definition) is 5. The Labute approximate surface area is 207 Å². The van der Waals surface area contributed by atoms with E-state index in [9.17, 15) is 18.0 Å². The monoisotopic (exact) mass is 496 g/mol. The number of anilines is 2. The minimum Gasteiger partial charge on any atom is -0.495 e. The smallest absolute Gasteiger partial charge is 0.416 e. The first-order chi connectivity index (χ1) is 17.3. The van der Waals surface area contributed by atoms with E-state index < -0.39 is 17.7 Å². The van der Waals surface area contributed by atoms with Crippen molar-refractivity contribution in [3.05, 3.63) is 83.7 Å². The normalized spacial score (nSPS) is 19.3. The molecule has 5 rings (SSSR count). The number of amides is 1. The fourth-order valence-electron chi connectivity index (χ4n) is 5.23. The lowest BCUT2D eigenvalue weighted by molar-refractivity contribution is -0.137. The first-order valence-corrected chi connectivity index (χ1v) is 11.9. The number of hydrogen-bond donors (Lipinski definition) is 1. The number of pyridine rings is 1. The Balaban J connectivity index is 1.46. The van der Waals surface area contributed by atoms with Gasteiger partial charge in [-0.1, -0.05) is 12.1 Å². The molecule has 1 amide bonds. The topological polar surface area (TPSA) is 57.7 Å². The molecule has 0 unspecified atom stereocenters. The third-order valence-electron chi connectivity index (χ3n) is 7.02. The molecule has 0 bridgehead atoms. The molecule has 2 atom stereocenters. The molecule has 9 heteroatoms. The van der Waals surface area contributed by atoms with Crippen LogP contribution < -0.4 is 19.9 Å². The molecule has 1 saturated heterocycles. The second-order valence-electron chi connectivity index (χ2n) is 9.10. The summed E-state index contributed by atoms with van der Waals surface area (Å²) in [5, 5.41) is 3.00. The Kier molecular flexibility index (Phi) is 6.47. The quantitative estimate of drug-likeness (QED) is 0.571. The fourth-order valence-corrected chi connectivity index (χ4v) is 5.23. The van der Waals surface area contributed by atoms with Crippen LogP contribution >= 0.6 is 0 Å². The maximum Gasteiger partial charge on any atom is 0.416 e. The Morgan fingerprint density at radius 3 is 2.61 bits per heavy atom. The summed E-state index contributed by atoms with van der Waals surface area (Å²) in [6, 6.07) is 15.0. The molecule has 0 aliphatic carbocycles. The van der Waals surface area contributed by atoms with Crippen LogP contribution in [-0.4, -0.2) is 43.7 Å². The molecular weight excluding hydrogens is 469 g/mol. The van der Waals surface area contributed by atoms with Crippen molar-refractivity contribution < 1.29 is 22.7 Å². The van der Waals surface area contributed by atoms with E-state index in [1.807, 2.05) is 36.4 Å². The number of alkyl halides is 3. The van der Waals surface area contributed by atoms with Gasteiger partial charge in [-0.3, -0.25) is 9.78 Å². The molecule has 6 nitrogen and oxygen atoms in total. The van der Waals surface area contributed by atoms with Gasteiger partial charge in [0.1, 0.15) is 5.75 Å². The molecule has 0 radical (unpaired) electrons. The summed E-state index contributed by atoms with van der Waals surface area (Å²) < 4.78 is 45.9. The summed E-state index contributed by atoms with van der Waals surface area (Å²) in [6.45, 7) is 2.11. The Bertz CT molecular complexity index is 1240. The van der Waals surface area contributed by atoms with Crippen LogP contribution in [-0.2, 0) is 23.9 Å². The van der Waals surface area contributed by atoms with Crippen LogP contribution in [0, 0.1) is 5.92 Å². The van der Waals surface area contributed by atoms with Crippen molar-refractivity contribution in [3.63, 3.8) is 0 Å². The maximum atomic E-state index is 13.5. The summed E-state index contributed by atoms with van der Waals surface area (Å²) in [7, 11) is 1.62. The standard InChI is InChI=1S/C27H27F3N4O2/c1-36-25-5-3-2-4-23(25)33-12-13-34-22-7-6-20(27(28,29)30)14-19(22)15-21(24(34)17-33)26(35)32-16-18-8-10-31-11-9-18/h2-11,14,21,24H,12-13,15-17H2,1H3,(H,32,35)/t21-,24-/m0/s1. The summed E-state index contributed by atoms with van der Waals surface area (Å²) in [5.41, 5.74) is 2.48. The van der Waals surface area contributed by atoms with Crippen molar-refractivity contribution in [1.29, 1.82) is 0 Å². The first-order valence-electron chi connectivity index (χ1n) is 11.9. The van der Waals surface area contributed by atoms with Gasteiger partial charge in [0.25, 0.3) is 0 Å². The highest BCUT2D eigenvalue weighted by Crippen LogP contribution is 2.41. The lowest BCUT2D eigenvalue weighted by Gasteiger charge is -2.49. The average molecular weight is 497 g/mol. The molecule has 1 aromatic heterocycles. The second kappa shape index (κ2) is 9.72. The molecule has 2 aliphatic rings. The van der Waals surface area contributed by atoms with Crippen LogP contribution in [0.4, 0.5) is 24.5 Å². The van der Waals surface area contributed by atoms with E-state index in [4.69, 9.17) is 4.74 Å². The van der Waals surface area contributed by atoms with Gasteiger partial charge in [-0.2, -0.15) is 13.2 Å². The zero-order valence-corrected chi connectivity index (χ0v) is 19.8. The minimum absolute atomic E-state index is 0.174. The number of benzene rings is 2. The molecule has 1 fully saturated rings. The van der Waals surface area contributed by atoms with Gasteiger partial charge >= 0.3 is 6.18 Å². The number of nitrogens with zero attached hydrogens (tertiary/aromatic N) is 3. The predicted molar refractivity (Wildman–Crippen MR) is 131 cm³/mol. The number of aromatic nitrogens is 1. The molecule has 3 aromatic rings. The van der Waals surface area contributed by atoms with Crippen LogP contribution in [0.5, 0.6) is 5.75 Å². The Morgan fingerprint density at radius 2 is 1.86 bits per heavy atom. The highest BCUT2D eigenvalue weighted by Gasteiger charge is 2.43. The number of nitrogens with one attached hydrogen (secondary N) is 1. The molecule has 2 aromatic carbocycles. The number of halogens is 3. The zero-order chi connectivity index (χ0) is 25.3. The van der Waals surface area contributed by atoms with Crippen molar-refractivity contribution >= 4 is 17.3 Å². The van der Waals surface area contributed by atoms with Gasteiger partial charge in [-0.25, -0.2) is 0 Å². The van der Waals surface area contributed by atoms with Gasteiger partial charge in [-0.05, 0) is 60.0 Å². The molecule has 3 heterocycles. The molecule has 0 saturated carbocycles. The van der Waals surface area contributed by atoms with Crippen LogP contribution in [0.3, 0.4) is 0 Å². The van der Waals surface area contributed by atoms with Gasteiger partial charge in [0, 0.05) is 44.3 Å². The number of piperazine rings is 1. The number of carbonyl (C=O) groups excluding carboxylic acids is 1. The van der Waals surface area contributed by atoms with E-state index in [0.717, 1.165) is 28.8 Å². The summed E-state index contributed by atoms with van der Waals surface area (Å²) in [5.74, 6) is 0.0581. The number of ether oxygens (including phenoxy) is 1. The summed E-state index contributed by atoms with van der Waals surface area (Å²) >= 11 is 0. The van der Waals surface area contributed by atoms with Crippen molar-refractivity contribution in [2.24, 2.45) is 5.92 Å². The van der Waals surface area contributed by atoms with Gasteiger partial charge in [0.05, 0.1) is 30.3 Å². The summed E-state index contributed by atoms with van der Waals surface area (Å²) in [4.78, 5) is 21.8. The van der Waals surface area contributed by atoms with Crippen LogP contribution in [0.15, 0.2) is 67.0 Å². The number of fused-ring (bicyclic) bond motifs is 3. The first kappa shape index (κ1) is 24.0. The van der Waals surface area contributed by atoms with E-state index in [-0.39, 0.29) is 18.4 Å². The van der Waals surface area contributed by atoms with Crippen LogP contribution in [0.2, 0.25) is 0 Å². The number of carbonyl (C=O) groups is 1. The number of rotatable bonds is 5. The fraction of sp³-hybridized carbons (Fsp3) is 0.333. The maximum absolute atomic E-state index is 13.5. The van der Waals surface area contributed by atoms with Gasteiger partial charge in [0.15, 0.2) is 0 Å². The highest BCUT2D eigenvalue weighted by molar-refractivity contribution is 5.82. The van der Waals surface area contributed by atoms with Crippen molar-refractivity contribution in [1.82, 2.24) is 10.3 Å². The third-order valence-corrected chi connectivity index (χ3v) is 7.02. The average Bonchev–Trinajstić information content (AvgIpc) is 2.90. The van der Waals surface area contributed by atoms with Gasteiger partial charge in [-0.15, -0.1) is 0 Å². The molecule has 0 spiro atoms. The van der Waals surface area contributed by atoms with Gasteiger partial charge in [0.2, 0.25) is 5.91 Å². The van der Waals surface area contributed by atoms with E-state index in [1.165, 1.54) is 6.07 Å². The predicted octanol–water partition coefficient (Wildman–Crippen LogP) is 4.29. The van der Waals surface area contributed by atoms with Crippen LogP contribution in [0.25, 0.3) is 0 Å². The molecule has 2 aliphatic heterocycles. The number of methoxy groups -OCH3 is 1. The molecule has 188 valence electrons. The lowest BCUT2D eigenvalue weighted by atomic mass is 9.82. The zero-order valence-electron chi connectivity index (χ0n) is 19.8. The molecule has 36 heavy (non-hydrogen) atoms. The van der Waals surface area contributed by atoms with E-state index in [2.05, 4.69) is 20.1 Å². The minimum atomic E-state index is -4.44. The Morgan fingerprint density at radius 1 is 1.08 bits per heavy atom. The largest absolute Gasteiger partial charge is 0.495 e. The van der Waals surface area contributed by atoms with Crippen molar-refractivity contribution in [3.8, 4) is 5.75 Å². The Hall–Kier alpha value is -3.75.